The minimum Gasteiger partial charge on any atom is -0.298 e. The van der Waals surface area contributed by atoms with Gasteiger partial charge in [-0.2, -0.15) is 0 Å². The van der Waals surface area contributed by atoms with Gasteiger partial charge in [-0.3, -0.25) is 4.79 Å². The monoisotopic (exact) mass is 330 g/mol. The Morgan fingerprint density at radius 3 is 2.57 bits per heavy atom. The van der Waals surface area contributed by atoms with Crippen LogP contribution >= 0.6 is 11.8 Å². The number of Topliss-reactive ketones (excluding diaryl/α,β-unsaturated/α-hetero) is 1. The van der Waals surface area contributed by atoms with Gasteiger partial charge in [0.2, 0.25) is 0 Å². The van der Waals surface area contributed by atoms with Gasteiger partial charge in [-0.25, -0.2) is 9.97 Å². The van der Waals surface area contributed by atoms with Crippen LogP contribution < -0.4 is 0 Å². The van der Waals surface area contributed by atoms with Crippen molar-refractivity contribution in [2.75, 3.05) is 0 Å². The van der Waals surface area contributed by atoms with E-state index in [1.165, 1.54) is 24.1 Å². The van der Waals surface area contributed by atoms with Crippen molar-refractivity contribution in [2.24, 2.45) is 16.7 Å². The lowest BCUT2D eigenvalue weighted by atomic mass is 9.71. The van der Waals surface area contributed by atoms with E-state index in [0.29, 0.717) is 5.78 Å². The van der Waals surface area contributed by atoms with Gasteiger partial charge in [0, 0.05) is 17.3 Å². The second-order valence-corrected chi connectivity index (χ2v) is 9.43. The minimum absolute atomic E-state index is 0.0253. The molecule has 1 aromatic rings. The lowest BCUT2D eigenvalue weighted by Gasteiger charge is -2.37. The Balaban J connectivity index is 1.67. The van der Waals surface area contributed by atoms with Gasteiger partial charge in [0.05, 0.1) is 5.25 Å². The van der Waals surface area contributed by atoms with Crippen molar-refractivity contribution < 1.29 is 4.79 Å². The van der Waals surface area contributed by atoms with E-state index in [4.69, 9.17) is 9.97 Å². The predicted octanol–water partition coefficient (Wildman–Crippen LogP) is 4.15. The molecule has 0 aliphatic heterocycles. The molecule has 0 unspecified atom stereocenters. The molecular weight excluding hydrogens is 304 g/mol. The molecule has 3 nitrogen and oxygen atoms in total. The highest BCUT2D eigenvalue weighted by Crippen LogP contribution is 2.67. The Morgan fingerprint density at radius 1 is 1.13 bits per heavy atom. The lowest BCUT2D eigenvalue weighted by molar-refractivity contribution is -0.122. The van der Waals surface area contributed by atoms with E-state index >= 15 is 0 Å². The van der Waals surface area contributed by atoms with Crippen molar-refractivity contribution in [1.29, 1.82) is 0 Å². The van der Waals surface area contributed by atoms with Gasteiger partial charge in [-0.05, 0) is 61.8 Å². The van der Waals surface area contributed by atoms with Gasteiger partial charge in [0.15, 0.2) is 5.16 Å². The first-order valence-corrected chi connectivity index (χ1v) is 9.79. The zero-order valence-electron chi connectivity index (χ0n) is 14.6. The number of aryl methyl sites for hydroxylation is 2. The summed E-state index contributed by atoms with van der Waals surface area (Å²) in [6, 6.07) is 0. The van der Waals surface area contributed by atoms with Crippen LogP contribution in [0.15, 0.2) is 5.16 Å². The molecule has 124 valence electrons. The third-order valence-electron chi connectivity index (χ3n) is 7.07. The molecule has 0 N–H and O–H groups in total. The topological polar surface area (TPSA) is 42.9 Å². The first kappa shape index (κ1) is 15.6. The van der Waals surface area contributed by atoms with Gasteiger partial charge in [0.25, 0.3) is 0 Å². The quantitative estimate of drug-likeness (QED) is 0.764. The molecule has 2 bridgehead atoms. The normalized spacial score (nSPS) is 34.7. The Labute approximate surface area is 143 Å². The fourth-order valence-electron chi connectivity index (χ4n) is 5.09. The summed E-state index contributed by atoms with van der Waals surface area (Å²) in [4.78, 5) is 22.5. The van der Waals surface area contributed by atoms with Crippen LogP contribution in [0.3, 0.4) is 0 Å². The van der Waals surface area contributed by atoms with Crippen LogP contribution in [0, 0.1) is 23.7 Å². The van der Waals surface area contributed by atoms with Crippen LogP contribution in [0.5, 0.6) is 0 Å². The fraction of sp³-hybridized carbons (Fsp3) is 0.737. The smallest absolute Gasteiger partial charge is 0.188 e. The maximum atomic E-state index is 12.9. The van der Waals surface area contributed by atoms with Crippen molar-refractivity contribution in [2.45, 2.75) is 76.6 Å². The summed E-state index contributed by atoms with van der Waals surface area (Å²) in [5.41, 5.74) is 3.88. The van der Waals surface area contributed by atoms with E-state index in [1.807, 2.05) is 0 Å². The highest BCUT2D eigenvalue weighted by atomic mass is 32.2. The van der Waals surface area contributed by atoms with Crippen molar-refractivity contribution in [1.82, 2.24) is 9.97 Å². The molecule has 2 fully saturated rings. The molecule has 23 heavy (non-hydrogen) atoms. The number of aromatic nitrogens is 2. The average Bonchev–Trinajstić information content (AvgIpc) is 2.81. The summed E-state index contributed by atoms with van der Waals surface area (Å²) in [5, 5.41) is 0.850. The minimum atomic E-state index is 0.0253. The molecule has 0 aromatic carbocycles. The van der Waals surface area contributed by atoms with E-state index < -0.39 is 0 Å². The Bertz CT molecular complexity index is 684. The zero-order chi connectivity index (χ0) is 16.4. The summed E-state index contributed by atoms with van der Waals surface area (Å²) in [7, 11) is 0. The van der Waals surface area contributed by atoms with Crippen LogP contribution in [0.2, 0.25) is 0 Å². The second-order valence-electron chi connectivity index (χ2n) is 8.35. The van der Waals surface area contributed by atoms with Crippen molar-refractivity contribution in [3.05, 3.63) is 17.0 Å². The molecule has 0 spiro atoms. The van der Waals surface area contributed by atoms with Gasteiger partial charge >= 0.3 is 0 Å². The zero-order valence-corrected chi connectivity index (χ0v) is 15.4. The number of hydrogen-bond acceptors (Lipinski definition) is 4. The lowest BCUT2D eigenvalue weighted by Crippen LogP contribution is -2.35. The molecule has 1 aromatic heterocycles. The van der Waals surface area contributed by atoms with Crippen LogP contribution in [-0.4, -0.2) is 21.0 Å². The Kier molecular flexibility index (Phi) is 3.43. The van der Waals surface area contributed by atoms with Gasteiger partial charge < -0.3 is 0 Å². The molecule has 1 heterocycles. The highest BCUT2D eigenvalue weighted by molar-refractivity contribution is 8.00. The van der Waals surface area contributed by atoms with Gasteiger partial charge in [-0.15, -0.1) is 0 Å². The first-order chi connectivity index (χ1) is 10.8. The number of rotatable bonds is 2. The summed E-state index contributed by atoms with van der Waals surface area (Å²) >= 11 is 1.64. The van der Waals surface area contributed by atoms with Gasteiger partial charge in [0.1, 0.15) is 5.78 Å². The number of ketones is 1. The van der Waals surface area contributed by atoms with E-state index in [1.54, 1.807) is 11.8 Å². The number of hydrogen-bond donors (Lipinski definition) is 0. The predicted molar refractivity (Wildman–Crippen MR) is 92.7 cm³/mol. The molecule has 4 rings (SSSR count). The van der Waals surface area contributed by atoms with Crippen molar-refractivity contribution in [3.63, 3.8) is 0 Å². The molecule has 0 radical (unpaired) electrons. The summed E-state index contributed by atoms with van der Waals surface area (Å²) in [6.45, 7) is 8.97. The molecule has 3 atom stereocenters. The van der Waals surface area contributed by atoms with Crippen LogP contribution in [0.4, 0.5) is 0 Å². The summed E-state index contributed by atoms with van der Waals surface area (Å²) < 4.78 is 0. The molecule has 2 saturated carbocycles. The van der Waals surface area contributed by atoms with E-state index in [9.17, 15) is 4.79 Å². The molecule has 4 heteroatoms. The molecule has 0 amide bonds. The highest BCUT2D eigenvalue weighted by Gasteiger charge is 2.66. The molecular formula is C19H26N2OS. The molecule has 0 saturated heterocycles. The Morgan fingerprint density at radius 2 is 1.87 bits per heavy atom. The van der Waals surface area contributed by atoms with Crippen molar-refractivity contribution >= 4 is 17.5 Å². The van der Waals surface area contributed by atoms with Crippen LogP contribution in [0.1, 0.15) is 63.4 Å². The SMILES string of the molecule is Cc1nc(S[C@@H]2C(=O)[C@H]3CC[C@]2(C)C3(C)C)nc2c1CCCC2. The Hall–Kier alpha value is -0.900. The number of carbonyl (C=O) groups is 1. The molecule has 3 aliphatic carbocycles. The summed E-state index contributed by atoms with van der Waals surface area (Å²) in [5.74, 6) is 0.663. The van der Waals surface area contributed by atoms with Crippen molar-refractivity contribution in [3.8, 4) is 0 Å². The maximum absolute atomic E-state index is 12.9. The third-order valence-corrected chi connectivity index (χ3v) is 8.45. The summed E-state index contributed by atoms with van der Waals surface area (Å²) in [6.07, 6.45) is 6.86. The number of fused-ring (bicyclic) bond motifs is 3. The van der Waals surface area contributed by atoms with E-state index in [0.717, 1.165) is 36.5 Å². The number of carbonyl (C=O) groups excluding carboxylic acids is 1. The number of thioether (sulfide) groups is 1. The van der Waals surface area contributed by atoms with Crippen LogP contribution in [0.25, 0.3) is 0 Å². The maximum Gasteiger partial charge on any atom is 0.188 e. The third kappa shape index (κ3) is 2.06. The molecule has 3 aliphatic rings. The van der Waals surface area contributed by atoms with E-state index in [2.05, 4.69) is 27.7 Å². The van der Waals surface area contributed by atoms with E-state index in [-0.39, 0.29) is 22.0 Å². The average molecular weight is 330 g/mol. The van der Waals surface area contributed by atoms with Crippen LogP contribution in [-0.2, 0) is 17.6 Å². The van der Waals surface area contributed by atoms with Gasteiger partial charge in [-0.1, -0.05) is 32.5 Å². The first-order valence-electron chi connectivity index (χ1n) is 8.91. The largest absolute Gasteiger partial charge is 0.298 e. The number of nitrogens with zero attached hydrogens (tertiary/aromatic N) is 2. The standard InChI is InChI=1S/C19H26N2OS/c1-11-12-7-5-6-8-14(12)21-17(20-11)23-16-15(22)13-9-10-19(16,4)18(13,2)3/h13,16H,5-10H2,1-4H3/t13-,16-,19+/m1/s1. The fourth-order valence-corrected chi connectivity index (χ4v) is 6.61. The second kappa shape index (κ2) is 5.05.